The Balaban J connectivity index is 1.93. The maximum atomic E-state index is 5.18. The van der Waals surface area contributed by atoms with Gasteiger partial charge in [-0.15, -0.1) is 11.8 Å². The lowest BCUT2D eigenvalue weighted by Crippen LogP contribution is -2.36. The third kappa shape index (κ3) is 5.81. The Kier molecular flexibility index (Phi) is 7.49. The van der Waals surface area contributed by atoms with Gasteiger partial charge in [-0.1, -0.05) is 24.3 Å². The van der Waals surface area contributed by atoms with Gasteiger partial charge < -0.3 is 15.4 Å². The minimum atomic E-state index is 0.659. The first-order valence-corrected chi connectivity index (χ1v) is 9.25. The predicted octanol–water partition coefficient (Wildman–Crippen LogP) is 3.67. The van der Waals surface area contributed by atoms with Gasteiger partial charge in [-0.3, -0.25) is 0 Å². The molecule has 2 aromatic carbocycles. The lowest BCUT2D eigenvalue weighted by atomic mass is 10.2. The topological polar surface area (TPSA) is 45.7 Å². The number of ether oxygens (including phenoxy) is 1. The summed E-state index contributed by atoms with van der Waals surface area (Å²) in [5.41, 5.74) is 2.39. The minimum absolute atomic E-state index is 0.659. The van der Waals surface area contributed by atoms with Crippen LogP contribution in [0.25, 0.3) is 0 Å². The summed E-state index contributed by atoms with van der Waals surface area (Å²) in [4.78, 5) is 5.92. The van der Waals surface area contributed by atoms with Crippen molar-refractivity contribution >= 4 is 17.7 Å². The summed E-state index contributed by atoms with van der Waals surface area (Å²) in [5, 5.41) is 6.64. The number of rotatable bonds is 7. The van der Waals surface area contributed by atoms with Crippen LogP contribution in [0.5, 0.6) is 5.75 Å². The van der Waals surface area contributed by atoms with Gasteiger partial charge in [-0.05, 0) is 48.6 Å². The third-order valence-corrected chi connectivity index (χ3v) is 4.29. The summed E-state index contributed by atoms with van der Waals surface area (Å²) in [5.74, 6) is 1.69. The summed E-state index contributed by atoms with van der Waals surface area (Å²) < 4.78 is 5.18. The van der Waals surface area contributed by atoms with E-state index >= 15 is 0 Å². The van der Waals surface area contributed by atoms with Crippen molar-refractivity contribution in [3.05, 3.63) is 59.7 Å². The van der Waals surface area contributed by atoms with E-state index in [1.165, 1.54) is 16.0 Å². The number of nitrogens with zero attached hydrogens (tertiary/aromatic N) is 1. The maximum Gasteiger partial charge on any atom is 0.191 e. The number of aliphatic imine (C=N–C) groups is 1. The van der Waals surface area contributed by atoms with Crippen LogP contribution in [0.3, 0.4) is 0 Å². The van der Waals surface area contributed by atoms with Crippen LogP contribution in [0.2, 0.25) is 0 Å². The first-order valence-electron chi connectivity index (χ1n) is 8.03. The highest BCUT2D eigenvalue weighted by Gasteiger charge is 2.00. The summed E-state index contributed by atoms with van der Waals surface area (Å²) in [6.45, 7) is 4.28. The molecule has 24 heavy (non-hydrogen) atoms. The molecule has 128 valence electrons. The highest BCUT2D eigenvalue weighted by Crippen LogP contribution is 2.15. The smallest absolute Gasteiger partial charge is 0.191 e. The van der Waals surface area contributed by atoms with E-state index in [0.717, 1.165) is 24.8 Å². The molecule has 0 heterocycles. The standard InChI is InChI=1S/C19H25N3OS/c1-4-20-19(21-13-15-5-9-17(23-2)10-6-15)22-14-16-7-11-18(24-3)12-8-16/h5-12H,4,13-14H2,1-3H3,(H2,20,21,22). The first-order chi connectivity index (χ1) is 11.7. The van der Waals surface area contributed by atoms with Gasteiger partial charge in [0.2, 0.25) is 0 Å². The fraction of sp³-hybridized carbons (Fsp3) is 0.316. The minimum Gasteiger partial charge on any atom is -0.497 e. The van der Waals surface area contributed by atoms with E-state index in [9.17, 15) is 0 Å². The number of benzene rings is 2. The second-order valence-electron chi connectivity index (χ2n) is 5.24. The molecule has 0 spiro atoms. The van der Waals surface area contributed by atoms with Gasteiger partial charge in [0.15, 0.2) is 5.96 Å². The maximum absolute atomic E-state index is 5.18. The molecular weight excluding hydrogens is 318 g/mol. The van der Waals surface area contributed by atoms with E-state index in [2.05, 4.69) is 65.2 Å². The molecule has 4 nitrogen and oxygen atoms in total. The molecule has 0 aliphatic heterocycles. The Bertz CT molecular complexity index is 639. The van der Waals surface area contributed by atoms with Crippen LogP contribution >= 0.6 is 11.8 Å². The fourth-order valence-corrected chi connectivity index (χ4v) is 2.58. The average molecular weight is 343 g/mol. The number of hydrogen-bond acceptors (Lipinski definition) is 3. The first kappa shape index (κ1) is 18.2. The molecule has 0 bridgehead atoms. The van der Waals surface area contributed by atoms with Crippen molar-refractivity contribution in [3.8, 4) is 5.75 Å². The second kappa shape index (κ2) is 9.88. The third-order valence-electron chi connectivity index (χ3n) is 3.54. The summed E-state index contributed by atoms with van der Waals surface area (Å²) in [6, 6.07) is 16.6. The number of hydrogen-bond donors (Lipinski definition) is 2. The SMILES string of the molecule is CCNC(=NCc1ccc(SC)cc1)NCc1ccc(OC)cc1. The number of thioether (sulfide) groups is 1. The fourth-order valence-electron chi connectivity index (χ4n) is 2.17. The number of guanidine groups is 1. The summed E-state index contributed by atoms with van der Waals surface area (Å²) in [7, 11) is 1.68. The van der Waals surface area contributed by atoms with Gasteiger partial charge in [0.05, 0.1) is 13.7 Å². The van der Waals surface area contributed by atoms with E-state index in [4.69, 9.17) is 4.74 Å². The van der Waals surface area contributed by atoms with Crippen molar-refractivity contribution in [2.45, 2.75) is 24.9 Å². The van der Waals surface area contributed by atoms with Gasteiger partial charge in [0, 0.05) is 18.0 Å². The van der Waals surface area contributed by atoms with Crippen molar-refractivity contribution < 1.29 is 4.74 Å². The Morgan fingerprint density at radius 1 is 1.00 bits per heavy atom. The van der Waals surface area contributed by atoms with Crippen LogP contribution < -0.4 is 15.4 Å². The van der Waals surface area contributed by atoms with E-state index in [1.54, 1.807) is 18.9 Å². The zero-order chi connectivity index (χ0) is 17.2. The van der Waals surface area contributed by atoms with Crippen LogP contribution in [-0.2, 0) is 13.1 Å². The molecule has 2 aromatic rings. The molecule has 0 radical (unpaired) electrons. The lowest BCUT2D eigenvalue weighted by Gasteiger charge is -2.12. The van der Waals surface area contributed by atoms with Crippen LogP contribution in [0.4, 0.5) is 0 Å². The molecule has 2 N–H and O–H groups in total. The molecule has 2 rings (SSSR count). The second-order valence-corrected chi connectivity index (χ2v) is 6.12. The highest BCUT2D eigenvalue weighted by molar-refractivity contribution is 7.98. The van der Waals surface area contributed by atoms with Crippen LogP contribution in [0.15, 0.2) is 58.4 Å². The van der Waals surface area contributed by atoms with E-state index in [0.29, 0.717) is 6.54 Å². The Morgan fingerprint density at radius 3 is 2.25 bits per heavy atom. The van der Waals surface area contributed by atoms with Crippen molar-refractivity contribution in [2.75, 3.05) is 19.9 Å². The van der Waals surface area contributed by atoms with E-state index in [-0.39, 0.29) is 0 Å². The van der Waals surface area contributed by atoms with Gasteiger partial charge in [-0.2, -0.15) is 0 Å². The van der Waals surface area contributed by atoms with Crippen molar-refractivity contribution in [1.29, 1.82) is 0 Å². The summed E-state index contributed by atoms with van der Waals surface area (Å²) in [6.07, 6.45) is 2.08. The van der Waals surface area contributed by atoms with Crippen LogP contribution in [0.1, 0.15) is 18.1 Å². The quantitative estimate of drug-likeness (QED) is 0.457. The van der Waals surface area contributed by atoms with Gasteiger partial charge in [0.1, 0.15) is 5.75 Å². The van der Waals surface area contributed by atoms with Gasteiger partial charge in [0.25, 0.3) is 0 Å². The largest absolute Gasteiger partial charge is 0.497 e. The Morgan fingerprint density at radius 2 is 1.67 bits per heavy atom. The van der Waals surface area contributed by atoms with Crippen molar-refractivity contribution in [2.24, 2.45) is 4.99 Å². The molecule has 0 aliphatic rings. The zero-order valence-electron chi connectivity index (χ0n) is 14.5. The number of nitrogens with one attached hydrogen (secondary N) is 2. The van der Waals surface area contributed by atoms with E-state index in [1.807, 2.05) is 12.1 Å². The predicted molar refractivity (Wildman–Crippen MR) is 103 cm³/mol. The summed E-state index contributed by atoms with van der Waals surface area (Å²) >= 11 is 1.75. The number of methoxy groups -OCH3 is 1. The zero-order valence-corrected chi connectivity index (χ0v) is 15.3. The van der Waals surface area contributed by atoms with Crippen LogP contribution in [0, 0.1) is 0 Å². The molecule has 0 fully saturated rings. The normalized spacial score (nSPS) is 11.2. The molecule has 0 amide bonds. The molecule has 0 unspecified atom stereocenters. The Labute approximate surface area is 148 Å². The van der Waals surface area contributed by atoms with Crippen molar-refractivity contribution in [1.82, 2.24) is 10.6 Å². The molecular formula is C19H25N3OS. The highest BCUT2D eigenvalue weighted by atomic mass is 32.2. The van der Waals surface area contributed by atoms with Crippen LogP contribution in [-0.4, -0.2) is 25.9 Å². The molecule has 0 saturated heterocycles. The van der Waals surface area contributed by atoms with E-state index < -0.39 is 0 Å². The molecule has 0 aromatic heterocycles. The van der Waals surface area contributed by atoms with Gasteiger partial charge >= 0.3 is 0 Å². The lowest BCUT2D eigenvalue weighted by molar-refractivity contribution is 0.414. The van der Waals surface area contributed by atoms with Gasteiger partial charge in [-0.25, -0.2) is 4.99 Å². The monoisotopic (exact) mass is 343 g/mol. The Hall–Kier alpha value is -2.14. The molecule has 0 saturated carbocycles. The van der Waals surface area contributed by atoms with Crippen molar-refractivity contribution in [3.63, 3.8) is 0 Å². The average Bonchev–Trinajstić information content (AvgIpc) is 2.65. The molecule has 0 atom stereocenters. The molecule has 0 aliphatic carbocycles. The molecule has 5 heteroatoms.